The second-order valence-corrected chi connectivity index (χ2v) is 11.9. The zero-order valence-electron chi connectivity index (χ0n) is 21.3. The van der Waals surface area contributed by atoms with Crippen molar-refractivity contribution in [2.24, 2.45) is 5.92 Å². The Balaban J connectivity index is 1.57. The number of aromatic nitrogens is 1. The molecule has 0 N–H and O–H groups in total. The fraction of sp³-hybridized carbons (Fsp3) is 0.556. The number of hydrogen-bond acceptors (Lipinski definition) is 5. The summed E-state index contributed by atoms with van der Waals surface area (Å²) in [5.74, 6) is 0.0239. The van der Waals surface area contributed by atoms with Gasteiger partial charge in [-0.05, 0) is 76.1 Å². The first-order chi connectivity index (χ1) is 16.7. The van der Waals surface area contributed by atoms with Gasteiger partial charge in [0, 0.05) is 26.2 Å². The van der Waals surface area contributed by atoms with E-state index in [1.54, 1.807) is 13.0 Å². The van der Waals surface area contributed by atoms with Gasteiger partial charge in [0.05, 0.1) is 5.92 Å². The molecule has 0 radical (unpaired) electrons. The molecule has 1 atom stereocenters. The molecule has 1 unspecified atom stereocenters. The largest absolute Gasteiger partial charge is 0.355 e. The van der Waals surface area contributed by atoms with Gasteiger partial charge in [-0.25, -0.2) is 8.42 Å². The first-order valence-corrected chi connectivity index (χ1v) is 14.1. The average molecular weight is 500 g/mol. The minimum absolute atomic E-state index is 0.0963. The van der Waals surface area contributed by atoms with Gasteiger partial charge < -0.3 is 9.42 Å². The van der Waals surface area contributed by atoms with Crippen LogP contribution in [0.2, 0.25) is 0 Å². The van der Waals surface area contributed by atoms with E-state index < -0.39 is 10.0 Å². The second-order valence-electron chi connectivity index (χ2n) is 10.0. The number of carbonyl (C=O) groups excluding carboxylic acids is 1. The van der Waals surface area contributed by atoms with E-state index >= 15 is 0 Å². The van der Waals surface area contributed by atoms with Crippen LogP contribution < -0.4 is 0 Å². The highest BCUT2D eigenvalue weighted by molar-refractivity contribution is 7.89. The van der Waals surface area contributed by atoms with Gasteiger partial charge in [0.25, 0.3) is 0 Å². The number of aryl methyl sites for hydroxylation is 4. The van der Waals surface area contributed by atoms with Gasteiger partial charge in [0.2, 0.25) is 15.9 Å². The first kappa shape index (κ1) is 25.6. The number of benzene rings is 1. The molecular formula is C27H37N3O4S. The van der Waals surface area contributed by atoms with Crippen LogP contribution in [0.4, 0.5) is 0 Å². The fourth-order valence-electron chi connectivity index (χ4n) is 5.45. The molecule has 0 bridgehead atoms. The summed E-state index contributed by atoms with van der Waals surface area (Å²) < 4.78 is 34.4. The zero-order valence-corrected chi connectivity index (χ0v) is 22.2. The maximum atomic E-state index is 13.7. The molecule has 35 heavy (non-hydrogen) atoms. The van der Waals surface area contributed by atoms with E-state index in [-0.39, 0.29) is 29.0 Å². The van der Waals surface area contributed by atoms with Crippen LogP contribution in [-0.4, -0.2) is 54.9 Å². The van der Waals surface area contributed by atoms with E-state index in [4.69, 9.17) is 4.52 Å². The maximum absolute atomic E-state index is 13.7. The standard InChI is InChI=1S/C27H37N3O4S/c1-19-16-20(2)24(21(3)17-19)11-12-25-26(22(4)28-34-25)35(32,33)30-15-9-10-23(18-30)27(31)29-13-7-5-6-8-14-29/h11-12,16-17,23H,5-10,13-15,18H2,1-4H3/b12-11+. The number of amides is 1. The lowest BCUT2D eigenvalue weighted by Crippen LogP contribution is -2.47. The molecule has 4 rings (SSSR count). The van der Waals surface area contributed by atoms with Crippen LogP contribution in [0.1, 0.15) is 72.2 Å². The molecule has 1 amide bonds. The third-order valence-electron chi connectivity index (χ3n) is 7.22. The van der Waals surface area contributed by atoms with Crippen molar-refractivity contribution in [3.8, 4) is 0 Å². The lowest BCUT2D eigenvalue weighted by Gasteiger charge is -2.34. The van der Waals surface area contributed by atoms with Gasteiger partial charge in [-0.15, -0.1) is 0 Å². The molecule has 2 aromatic rings. The number of likely N-dealkylation sites (tertiary alicyclic amines) is 1. The van der Waals surface area contributed by atoms with E-state index in [2.05, 4.69) is 24.2 Å². The molecule has 1 aromatic heterocycles. The summed E-state index contributed by atoms with van der Waals surface area (Å²) in [6.07, 6.45) is 9.33. The topological polar surface area (TPSA) is 83.7 Å². The molecule has 190 valence electrons. The Kier molecular flexibility index (Phi) is 7.81. The first-order valence-electron chi connectivity index (χ1n) is 12.7. The SMILES string of the molecule is Cc1cc(C)c(/C=C/c2onc(C)c2S(=O)(=O)N2CCCC(C(=O)N3CCCCCC3)C2)c(C)c1. The highest BCUT2D eigenvalue weighted by Gasteiger charge is 2.38. The van der Waals surface area contributed by atoms with E-state index in [1.165, 1.54) is 9.87 Å². The minimum Gasteiger partial charge on any atom is -0.355 e. The van der Waals surface area contributed by atoms with Crippen LogP contribution in [-0.2, 0) is 14.8 Å². The van der Waals surface area contributed by atoms with Crippen LogP contribution >= 0.6 is 0 Å². The summed E-state index contributed by atoms with van der Waals surface area (Å²) in [4.78, 5) is 15.2. The Morgan fingerprint density at radius 3 is 2.29 bits per heavy atom. The number of rotatable bonds is 5. The lowest BCUT2D eigenvalue weighted by atomic mass is 9.98. The summed E-state index contributed by atoms with van der Waals surface area (Å²) in [6, 6.07) is 4.20. The monoisotopic (exact) mass is 499 g/mol. The quantitative estimate of drug-likeness (QED) is 0.585. The molecule has 0 aliphatic carbocycles. The van der Waals surface area contributed by atoms with Crippen LogP contribution in [0.25, 0.3) is 12.2 Å². The Hall–Kier alpha value is -2.45. The maximum Gasteiger partial charge on any atom is 0.248 e. The number of nitrogens with zero attached hydrogens (tertiary/aromatic N) is 3. The van der Waals surface area contributed by atoms with Gasteiger partial charge in [0.15, 0.2) is 10.7 Å². The molecule has 2 aliphatic heterocycles. The Morgan fingerprint density at radius 1 is 0.971 bits per heavy atom. The lowest BCUT2D eigenvalue weighted by molar-refractivity contribution is -0.136. The molecule has 2 aliphatic rings. The molecule has 1 aromatic carbocycles. The molecule has 0 spiro atoms. The summed E-state index contributed by atoms with van der Waals surface area (Å²) in [5, 5.41) is 3.98. The van der Waals surface area contributed by atoms with E-state index in [0.717, 1.165) is 61.9 Å². The van der Waals surface area contributed by atoms with Crippen molar-refractivity contribution in [3.05, 3.63) is 45.8 Å². The van der Waals surface area contributed by atoms with Crippen LogP contribution in [0, 0.1) is 33.6 Å². The van der Waals surface area contributed by atoms with E-state index in [0.29, 0.717) is 18.7 Å². The van der Waals surface area contributed by atoms with Crippen molar-refractivity contribution in [3.63, 3.8) is 0 Å². The molecule has 8 heteroatoms. The van der Waals surface area contributed by atoms with Crippen molar-refractivity contribution >= 4 is 28.1 Å². The second kappa shape index (κ2) is 10.7. The van der Waals surface area contributed by atoms with Gasteiger partial charge in [-0.1, -0.05) is 41.8 Å². The molecule has 2 fully saturated rings. The van der Waals surface area contributed by atoms with Crippen LogP contribution in [0.5, 0.6) is 0 Å². The number of hydrogen-bond donors (Lipinski definition) is 0. The van der Waals surface area contributed by atoms with Crippen LogP contribution in [0.15, 0.2) is 21.6 Å². The number of sulfonamides is 1. The predicted molar refractivity (Wildman–Crippen MR) is 137 cm³/mol. The summed E-state index contributed by atoms with van der Waals surface area (Å²) in [7, 11) is -3.86. The van der Waals surface area contributed by atoms with Crippen LogP contribution in [0.3, 0.4) is 0 Å². The highest BCUT2D eigenvalue weighted by Crippen LogP contribution is 2.30. The third-order valence-corrected chi connectivity index (χ3v) is 9.25. The van der Waals surface area contributed by atoms with E-state index in [1.807, 2.05) is 24.8 Å². The third kappa shape index (κ3) is 5.54. The smallest absolute Gasteiger partial charge is 0.248 e. The van der Waals surface area contributed by atoms with Gasteiger partial charge in [0.1, 0.15) is 5.69 Å². The molecular weight excluding hydrogens is 462 g/mol. The zero-order chi connectivity index (χ0) is 25.2. The van der Waals surface area contributed by atoms with Crippen molar-refractivity contribution < 1.29 is 17.7 Å². The predicted octanol–water partition coefficient (Wildman–Crippen LogP) is 4.88. The Labute approximate surface area is 209 Å². The number of carbonyl (C=O) groups is 1. The minimum atomic E-state index is -3.86. The normalized spacial score (nSPS) is 20.3. The van der Waals surface area contributed by atoms with Crippen molar-refractivity contribution in [1.82, 2.24) is 14.4 Å². The average Bonchev–Trinajstić information content (AvgIpc) is 3.01. The van der Waals surface area contributed by atoms with Crippen molar-refractivity contribution in [1.29, 1.82) is 0 Å². The molecule has 2 saturated heterocycles. The summed E-state index contributed by atoms with van der Waals surface area (Å²) >= 11 is 0. The Morgan fingerprint density at radius 2 is 1.63 bits per heavy atom. The Bertz CT molecular complexity index is 1180. The van der Waals surface area contributed by atoms with Gasteiger partial charge in [-0.3, -0.25) is 4.79 Å². The van der Waals surface area contributed by atoms with Gasteiger partial charge >= 0.3 is 0 Å². The molecule has 3 heterocycles. The van der Waals surface area contributed by atoms with E-state index in [9.17, 15) is 13.2 Å². The molecule has 7 nitrogen and oxygen atoms in total. The van der Waals surface area contributed by atoms with Crippen molar-refractivity contribution in [2.45, 2.75) is 71.1 Å². The van der Waals surface area contributed by atoms with Crippen molar-refractivity contribution in [2.75, 3.05) is 26.2 Å². The van der Waals surface area contributed by atoms with Gasteiger partial charge in [-0.2, -0.15) is 4.31 Å². The number of piperidine rings is 1. The fourth-order valence-corrected chi connectivity index (χ4v) is 7.23. The summed E-state index contributed by atoms with van der Waals surface area (Å²) in [5.41, 5.74) is 4.79. The summed E-state index contributed by atoms with van der Waals surface area (Å²) in [6.45, 7) is 9.95. The highest BCUT2D eigenvalue weighted by atomic mass is 32.2. The molecule has 0 saturated carbocycles.